The standard InChI is InChI=1S/C30H36ClN3O2S/c1-21-14-23(17-26(31)15-21)20-37-28-9-8-25(16-22(28)2)30(36)34-18-27(19-34)32-10-12-33(13-11-32)29(35)24-6-4-3-5-7-24/h3-9,14,17,21-22,27H,10-13,15-16,18-20H2,1-2H3. The SMILES string of the molecule is CC1C=C(CSC2=CC=C(C(=O)N3CC(N4CCN(C(=O)c5ccccc5)CC4)C3)CC2C)C=C(Cl)C1. The Morgan fingerprint density at radius 1 is 0.946 bits per heavy atom. The number of benzene rings is 1. The molecule has 2 aliphatic carbocycles. The van der Waals surface area contributed by atoms with Crippen molar-refractivity contribution in [1.29, 1.82) is 0 Å². The molecule has 0 spiro atoms. The molecule has 2 fully saturated rings. The van der Waals surface area contributed by atoms with Crippen molar-refractivity contribution in [2.24, 2.45) is 11.8 Å². The summed E-state index contributed by atoms with van der Waals surface area (Å²) >= 11 is 8.15. The van der Waals surface area contributed by atoms with Gasteiger partial charge in [0.15, 0.2) is 0 Å². The summed E-state index contributed by atoms with van der Waals surface area (Å²) in [6, 6.07) is 9.90. The van der Waals surface area contributed by atoms with E-state index in [0.29, 0.717) is 17.9 Å². The highest BCUT2D eigenvalue weighted by Gasteiger charge is 2.38. The van der Waals surface area contributed by atoms with Gasteiger partial charge in [-0.1, -0.05) is 61.9 Å². The van der Waals surface area contributed by atoms with Gasteiger partial charge in [0.25, 0.3) is 5.91 Å². The van der Waals surface area contributed by atoms with Crippen LogP contribution in [-0.2, 0) is 4.79 Å². The van der Waals surface area contributed by atoms with Crippen LogP contribution in [0.15, 0.2) is 75.7 Å². The number of hydrogen-bond donors (Lipinski definition) is 0. The van der Waals surface area contributed by atoms with Gasteiger partial charge in [0, 0.05) is 67.2 Å². The lowest BCUT2D eigenvalue weighted by atomic mass is 9.93. The number of amides is 2. The Morgan fingerprint density at radius 2 is 1.68 bits per heavy atom. The van der Waals surface area contributed by atoms with Crippen LogP contribution in [0, 0.1) is 11.8 Å². The smallest absolute Gasteiger partial charge is 0.253 e. The van der Waals surface area contributed by atoms with Crippen LogP contribution in [0.4, 0.5) is 0 Å². The fourth-order valence-electron chi connectivity index (χ4n) is 5.60. The number of piperazine rings is 1. The first-order chi connectivity index (χ1) is 17.9. The molecular formula is C30H36ClN3O2S. The minimum Gasteiger partial charge on any atom is -0.336 e. The molecule has 0 saturated carbocycles. The van der Waals surface area contributed by atoms with E-state index in [1.165, 1.54) is 10.5 Å². The summed E-state index contributed by atoms with van der Waals surface area (Å²) < 4.78 is 0. The molecule has 0 bridgehead atoms. The predicted molar refractivity (Wildman–Crippen MR) is 152 cm³/mol. The molecule has 2 saturated heterocycles. The molecule has 37 heavy (non-hydrogen) atoms. The molecule has 1 aromatic carbocycles. The second-order valence-electron chi connectivity index (χ2n) is 10.7. The summed E-state index contributed by atoms with van der Waals surface area (Å²) in [5, 5.41) is 0.944. The van der Waals surface area contributed by atoms with Crippen LogP contribution in [0.3, 0.4) is 0 Å². The second-order valence-corrected chi connectivity index (χ2v) is 12.3. The molecule has 2 unspecified atom stereocenters. The summed E-state index contributed by atoms with van der Waals surface area (Å²) in [6.07, 6.45) is 10.3. The molecule has 2 aliphatic heterocycles. The first-order valence-corrected chi connectivity index (χ1v) is 14.7. The van der Waals surface area contributed by atoms with Gasteiger partial charge in [0.1, 0.15) is 0 Å². The van der Waals surface area contributed by atoms with Crippen molar-refractivity contribution in [3.63, 3.8) is 0 Å². The number of halogens is 1. The molecule has 2 amide bonds. The van der Waals surface area contributed by atoms with E-state index in [9.17, 15) is 9.59 Å². The summed E-state index contributed by atoms with van der Waals surface area (Å²) in [4.78, 5) is 33.6. The molecule has 1 aromatic rings. The lowest BCUT2D eigenvalue weighted by molar-refractivity contribution is -0.135. The van der Waals surface area contributed by atoms with E-state index in [-0.39, 0.29) is 11.8 Å². The van der Waals surface area contributed by atoms with Gasteiger partial charge >= 0.3 is 0 Å². The third-order valence-electron chi connectivity index (χ3n) is 7.79. The van der Waals surface area contributed by atoms with E-state index in [1.54, 1.807) is 0 Å². The van der Waals surface area contributed by atoms with Gasteiger partial charge in [-0.25, -0.2) is 0 Å². The van der Waals surface area contributed by atoms with Crippen molar-refractivity contribution in [3.05, 3.63) is 81.3 Å². The van der Waals surface area contributed by atoms with Crippen molar-refractivity contribution in [3.8, 4) is 0 Å². The van der Waals surface area contributed by atoms with Gasteiger partial charge in [0.05, 0.1) is 0 Å². The molecule has 4 aliphatic rings. The van der Waals surface area contributed by atoms with E-state index in [4.69, 9.17) is 11.6 Å². The number of thioether (sulfide) groups is 1. The summed E-state index contributed by atoms with van der Waals surface area (Å²) in [5.41, 5.74) is 2.97. The van der Waals surface area contributed by atoms with Gasteiger partial charge in [-0.3, -0.25) is 14.5 Å². The topological polar surface area (TPSA) is 43.9 Å². The maximum atomic E-state index is 13.2. The number of allylic oxidation sites excluding steroid dienone is 6. The Kier molecular flexibility index (Phi) is 8.28. The maximum absolute atomic E-state index is 13.2. The minimum atomic E-state index is 0.111. The number of carbonyl (C=O) groups excluding carboxylic acids is 2. The first kappa shape index (κ1) is 26.3. The van der Waals surface area contributed by atoms with Crippen LogP contribution in [-0.4, -0.2) is 77.6 Å². The lowest BCUT2D eigenvalue weighted by Gasteiger charge is -2.48. The van der Waals surface area contributed by atoms with Gasteiger partial charge in [-0.05, 0) is 53.4 Å². The van der Waals surface area contributed by atoms with Crippen LogP contribution in [0.5, 0.6) is 0 Å². The maximum Gasteiger partial charge on any atom is 0.253 e. The summed E-state index contributed by atoms with van der Waals surface area (Å²) in [7, 11) is 0. The van der Waals surface area contributed by atoms with Crippen LogP contribution < -0.4 is 0 Å². The molecule has 0 N–H and O–H groups in total. The largest absolute Gasteiger partial charge is 0.336 e. The Balaban J connectivity index is 1.08. The fourth-order valence-corrected chi connectivity index (χ4v) is 7.03. The second kappa shape index (κ2) is 11.6. The van der Waals surface area contributed by atoms with Crippen molar-refractivity contribution >= 4 is 35.2 Å². The van der Waals surface area contributed by atoms with E-state index in [0.717, 1.165) is 74.0 Å². The highest BCUT2D eigenvalue weighted by molar-refractivity contribution is 8.03. The predicted octanol–water partition coefficient (Wildman–Crippen LogP) is 5.33. The van der Waals surface area contributed by atoms with Crippen LogP contribution in [0.1, 0.15) is 37.0 Å². The third-order valence-corrected chi connectivity index (χ3v) is 9.40. The van der Waals surface area contributed by atoms with E-state index >= 15 is 0 Å². The van der Waals surface area contributed by atoms with E-state index < -0.39 is 0 Å². The van der Waals surface area contributed by atoms with Crippen molar-refractivity contribution in [1.82, 2.24) is 14.7 Å². The van der Waals surface area contributed by atoms with E-state index in [1.807, 2.05) is 58.0 Å². The number of likely N-dealkylation sites (tertiary alicyclic amines) is 1. The molecular weight excluding hydrogens is 502 g/mol. The highest BCUT2D eigenvalue weighted by atomic mass is 35.5. The zero-order valence-electron chi connectivity index (χ0n) is 21.7. The zero-order chi connectivity index (χ0) is 25.9. The fraction of sp³-hybridized carbons (Fsp3) is 0.467. The minimum absolute atomic E-state index is 0.111. The van der Waals surface area contributed by atoms with Crippen molar-refractivity contribution in [2.45, 2.75) is 32.7 Å². The van der Waals surface area contributed by atoms with Gasteiger partial charge in [0.2, 0.25) is 5.91 Å². The summed E-state index contributed by atoms with van der Waals surface area (Å²) in [6.45, 7) is 9.19. The normalized spacial score (nSPS) is 25.1. The summed E-state index contributed by atoms with van der Waals surface area (Å²) in [5.74, 6) is 2.06. The number of nitrogens with zero attached hydrogens (tertiary/aromatic N) is 3. The van der Waals surface area contributed by atoms with Crippen LogP contribution in [0.25, 0.3) is 0 Å². The quantitative estimate of drug-likeness (QED) is 0.492. The number of hydrogen-bond acceptors (Lipinski definition) is 4. The molecule has 5 nitrogen and oxygen atoms in total. The molecule has 5 rings (SSSR count). The van der Waals surface area contributed by atoms with Crippen LogP contribution in [0.2, 0.25) is 0 Å². The Bertz CT molecular complexity index is 1140. The molecule has 2 heterocycles. The van der Waals surface area contributed by atoms with E-state index in [2.05, 4.69) is 37.0 Å². The first-order valence-electron chi connectivity index (χ1n) is 13.4. The Morgan fingerprint density at radius 3 is 2.35 bits per heavy atom. The Labute approximate surface area is 229 Å². The van der Waals surface area contributed by atoms with Crippen molar-refractivity contribution in [2.75, 3.05) is 45.0 Å². The van der Waals surface area contributed by atoms with Crippen LogP contribution >= 0.6 is 23.4 Å². The van der Waals surface area contributed by atoms with Gasteiger partial charge < -0.3 is 9.80 Å². The third kappa shape index (κ3) is 6.24. The van der Waals surface area contributed by atoms with Gasteiger partial charge in [-0.2, -0.15) is 0 Å². The average molecular weight is 538 g/mol. The zero-order valence-corrected chi connectivity index (χ0v) is 23.3. The molecule has 0 radical (unpaired) electrons. The number of carbonyl (C=O) groups is 2. The van der Waals surface area contributed by atoms with Gasteiger partial charge in [-0.15, -0.1) is 11.8 Å². The monoisotopic (exact) mass is 537 g/mol. The number of rotatable bonds is 6. The molecule has 0 aromatic heterocycles. The Hall–Kier alpha value is -2.28. The molecule has 196 valence electrons. The molecule has 2 atom stereocenters. The molecule has 7 heteroatoms. The average Bonchev–Trinajstić information content (AvgIpc) is 2.87. The highest BCUT2D eigenvalue weighted by Crippen LogP contribution is 2.36. The van der Waals surface area contributed by atoms with Crippen molar-refractivity contribution < 1.29 is 9.59 Å². The lowest BCUT2D eigenvalue weighted by Crippen LogP contribution is -2.64.